The first-order valence-corrected chi connectivity index (χ1v) is 8.74. The SMILES string of the molecule is CCOC(CN)CCS(=O)(=O)C1CCCC(C)C1. The second kappa shape index (κ2) is 7.46. The minimum Gasteiger partial charge on any atom is -0.377 e. The Labute approximate surface area is 111 Å². The fourth-order valence-corrected chi connectivity index (χ4v) is 4.74. The van der Waals surface area contributed by atoms with E-state index >= 15 is 0 Å². The van der Waals surface area contributed by atoms with E-state index in [9.17, 15) is 8.42 Å². The summed E-state index contributed by atoms with van der Waals surface area (Å²) < 4.78 is 29.9. The second-order valence-electron chi connectivity index (χ2n) is 5.36. The Kier molecular flexibility index (Phi) is 6.60. The Balaban J connectivity index is 2.48. The van der Waals surface area contributed by atoms with Crippen LogP contribution in [0.3, 0.4) is 0 Å². The second-order valence-corrected chi connectivity index (χ2v) is 7.76. The van der Waals surface area contributed by atoms with Gasteiger partial charge in [-0.3, -0.25) is 0 Å². The smallest absolute Gasteiger partial charge is 0.153 e. The average molecular weight is 277 g/mol. The summed E-state index contributed by atoms with van der Waals surface area (Å²) in [6, 6.07) is 0. The van der Waals surface area contributed by atoms with Crippen LogP contribution in [0.1, 0.15) is 46.0 Å². The van der Waals surface area contributed by atoms with E-state index in [0.717, 1.165) is 25.7 Å². The van der Waals surface area contributed by atoms with Crippen LogP contribution in [0.2, 0.25) is 0 Å². The van der Waals surface area contributed by atoms with Crippen LogP contribution in [-0.4, -0.2) is 38.7 Å². The van der Waals surface area contributed by atoms with E-state index in [0.29, 0.717) is 25.5 Å². The van der Waals surface area contributed by atoms with E-state index in [2.05, 4.69) is 6.92 Å². The molecule has 3 unspecified atom stereocenters. The predicted molar refractivity (Wildman–Crippen MR) is 74.3 cm³/mol. The molecule has 0 bridgehead atoms. The van der Waals surface area contributed by atoms with Crippen LogP contribution >= 0.6 is 0 Å². The summed E-state index contributed by atoms with van der Waals surface area (Å²) in [4.78, 5) is 0. The number of rotatable bonds is 7. The lowest BCUT2D eigenvalue weighted by molar-refractivity contribution is 0.0670. The van der Waals surface area contributed by atoms with Gasteiger partial charge in [-0.1, -0.05) is 19.8 Å². The zero-order valence-electron chi connectivity index (χ0n) is 11.6. The van der Waals surface area contributed by atoms with Gasteiger partial charge in [-0.05, 0) is 32.1 Å². The van der Waals surface area contributed by atoms with Gasteiger partial charge in [0.15, 0.2) is 9.84 Å². The van der Waals surface area contributed by atoms with Crippen molar-refractivity contribution in [2.75, 3.05) is 18.9 Å². The van der Waals surface area contributed by atoms with E-state index < -0.39 is 9.84 Å². The van der Waals surface area contributed by atoms with Crippen LogP contribution in [0.25, 0.3) is 0 Å². The van der Waals surface area contributed by atoms with Crippen molar-refractivity contribution < 1.29 is 13.2 Å². The van der Waals surface area contributed by atoms with Gasteiger partial charge in [0.25, 0.3) is 0 Å². The van der Waals surface area contributed by atoms with Crippen molar-refractivity contribution >= 4 is 9.84 Å². The number of hydrogen-bond acceptors (Lipinski definition) is 4. The van der Waals surface area contributed by atoms with Gasteiger partial charge in [0.1, 0.15) is 0 Å². The summed E-state index contributed by atoms with van der Waals surface area (Å²) in [5.74, 6) is 0.752. The Bertz CT molecular complexity index is 329. The Hall–Kier alpha value is -0.130. The van der Waals surface area contributed by atoms with Crippen LogP contribution in [0, 0.1) is 5.92 Å². The lowest BCUT2D eigenvalue weighted by Gasteiger charge is -2.27. The highest BCUT2D eigenvalue weighted by molar-refractivity contribution is 7.92. The van der Waals surface area contributed by atoms with Gasteiger partial charge in [0, 0.05) is 13.2 Å². The summed E-state index contributed by atoms with van der Waals surface area (Å²) in [5.41, 5.74) is 5.57. The van der Waals surface area contributed by atoms with Crippen LogP contribution in [0.4, 0.5) is 0 Å². The lowest BCUT2D eigenvalue weighted by atomic mass is 9.91. The highest BCUT2D eigenvalue weighted by atomic mass is 32.2. The Morgan fingerprint density at radius 1 is 1.39 bits per heavy atom. The van der Waals surface area contributed by atoms with Crippen molar-refractivity contribution in [1.29, 1.82) is 0 Å². The predicted octanol–water partition coefficient (Wildman–Crippen LogP) is 1.73. The normalized spacial score (nSPS) is 27.1. The van der Waals surface area contributed by atoms with Gasteiger partial charge in [0.05, 0.1) is 17.1 Å². The molecule has 18 heavy (non-hydrogen) atoms. The maximum absolute atomic E-state index is 12.3. The first-order valence-electron chi connectivity index (χ1n) is 7.02. The average Bonchev–Trinajstić information content (AvgIpc) is 2.34. The minimum atomic E-state index is -2.98. The molecule has 4 nitrogen and oxygen atoms in total. The van der Waals surface area contributed by atoms with E-state index in [-0.39, 0.29) is 17.1 Å². The molecule has 1 aliphatic rings. The molecule has 1 aliphatic carbocycles. The number of sulfone groups is 1. The highest BCUT2D eigenvalue weighted by Crippen LogP contribution is 2.29. The van der Waals surface area contributed by atoms with E-state index in [1.165, 1.54) is 0 Å². The molecular weight excluding hydrogens is 250 g/mol. The zero-order valence-corrected chi connectivity index (χ0v) is 12.4. The quantitative estimate of drug-likeness (QED) is 0.769. The molecule has 2 N–H and O–H groups in total. The molecule has 0 spiro atoms. The molecule has 0 amide bonds. The maximum atomic E-state index is 12.3. The van der Waals surface area contributed by atoms with Gasteiger partial charge >= 0.3 is 0 Å². The third-order valence-electron chi connectivity index (χ3n) is 3.79. The Morgan fingerprint density at radius 2 is 2.11 bits per heavy atom. The molecular formula is C13H27NO3S. The third-order valence-corrected chi connectivity index (χ3v) is 6.03. The third kappa shape index (κ3) is 4.86. The minimum absolute atomic E-state index is 0.120. The number of nitrogens with two attached hydrogens (primary N) is 1. The van der Waals surface area contributed by atoms with Crippen molar-refractivity contribution in [3.8, 4) is 0 Å². The first-order chi connectivity index (χ1) is 8.49. The zero-order chi connectivity index (χ0) is 13.6. The molecule has 0 aliphatic heterocycles. The van der Waals surface area contributed by atoms with Crippen LogP contribution in [0.15, 0.2) is 0 Å². The fraction of sp³-hybridized carbons (Fsp3) is 1.00. The fourth-order valence-electron chi connectivity index (χ4n) is 2.67. The summed E-state index contributed by atoms with van der Waals surface area (Å²) in [6.45, 7) is 5.03. The number of ether oxygens (including phenoxy) is 1. The Morgan fingerprint density at radius 3 is 2.67 bits per heavy atom. The van der Waals surface area contributed by atoms with E-state index in [1.54, 1.807) is 0 Å². The molecule has 108 valence electrons. The molecule has 3 atom stereocenters. The van der Waals surface area contributed by atoms with Crippen molar-refractivity contribution in [3.63, 3.8) is 0 Å². The number of hydrogen-bond donors (Lipinski definition) is 1. The first kappa shape index (κ1) is 15.9. The topological polar surface area (TPSA) is 69.4 Å². The van der Waals surface area contributed by atoms with Crippen molar-refractivity contribution in [1.82, 2.24) is 0 Å². The molecule has 5 heteroatoms. The summed E-state index contributed by atoms with van der Waals surface area (Å²) in [7, 11) is -2.98. The standard InChI is InChI=1S/C13H27NO3S/c1-3-17-12(10-14)7-8-18(15,16)13-6-4-5-11(2)9-13/h11-13H,3-10,14H2,1-2H3. The summed E-state index contributed by atoms with van der Waals surface area (Å²) >= 11 is 0. The van der Waals surface area contributed by atoms with Crippen LogP contribution < -0.4 is 5.73 Å². The highest BCUT2D eigenvalue weighted by Gasteiger charge is 2.30. The van der Waals surface area contributed by atoms with Crippen LogP contribution in [0.5, 0.6) is 0 Å². The maximum Gasteiger partial charge on any atom is 0.153 e. The molecule has 0 saturated heterocycles. The van der Waals surface area contributed by atoms with Gasteiger partial charge in [-0.2, -0.15) is 0 Å². The van der Waals surface area contributed by atoms with Gasteiger partial charge < -0.3 is 10.5 Å². The van der Waals surface area contributed by atoms with Gasteiger partial charge in [0.2, 0.25) is 0 Å². The van der Waals surface area contributed by atoms with Crippen molar-refractivity contribution in [3.05, 3.63) is 0 Å². The summed E-state index contributed by atoms with van der Waals surface area (Å²) in [5, 5.41) is -0.138. The van der Waals surface area contributed by atoms with E-state index in [1.807, 2.05) is 6.92 Å². The monoisotopic (exact) mass is 277 g/mol. The molecule has 1 fully saturated rings. The molecule has 0 heterocycles. The lowest BCUT2D eigenvalue weighted by Crippen LogP contribution is -2.32. The van der Waals surface area contributed by atoms with Gasteiger partial charge in [-0.15, -0.1) is 0 Å². The van der Waals surface area contributed by atoms with Crippen LogP contribution in [-0.2, 0) is 14.6 Å². The van der Waals surface area contributed by atoms with E-state index in [4.69, 9.17) is 10.5 Å². The molecule has 0 radical (unpaired) electrons. The van der Waals surface area contributed by atoms with Crippen molar-refractivity contribution in [2.24, 2.45) is 11.7 Å². The molecule has 1 saturated carbocycles. The largest absolute Gasteiger partial charge is 0.377 e. The van der Waals surface area contributed by atoms with Crippen molar-refractivity contribution in [2.45, 2.75) is 57.3 Å². The molecule has 0 aromatic carbocycles. The molecule has 0 aromatic rings. The molecule has 1 rings (SSSR count). The summed E-state index contributed by atoms with van der Waals surface area (Å²) in [6.07, 6.45) is 4.26. The molecule has 0 aromatic heterocycles. The van der Waals surface area contributed by atoms with Gasteiger partial charge in [-0.25, -0.2) is 8.42 Å².